The van der Waals surface area contributed by atoms with Crippen LogP contribution in [0.5, 0.6) is 0 Å². The van der Waals surface area contributed by atoms with Crippen molar-refractivity contribution in [1.29, 1.82) is 0 Å². The summed E-state index contributed by atoms with van der Waals surface area (Å²) in [4.78, 5) is 13.2. The van der Waals surface area contributed by atoms with Crippen molar-refractivity contribution in [2.24, 2.45) is 0 Å². The van der Waals surface area contributed by atoms with Gasteiger partial charge in [-0.25, -0.2) is 0 Å². The summed E-state index contributed by atoms with van der Waals surface area (Å²) in [5, 5.41) is 0. The van der Waals surface area contributed by atoms with E-state index in [1.165, 1.54) is 20.0 Å². The predicted octanol–water partition coefficient (Wildman–Crippen LogP) is 1.20. The first-order valence-electron chi connectivity index (χ1n) is 4.68. The van der Waals surface area contributed by atoms with E-state index in [-0.39, 0.29) is 5.97 Å². The van der Waals surface area contributed by atoms with Gasteiger partial charge in [-0.15, -0.1) is 0 Å². The number of nitrogens with zero attached hydrogens (tertiary/aromatic N) is 1. The van der Waals surface area contributed by atoms with Crippen LogP contribution in [0, 0.1) is 0 Å². The molecule has 0 aliphatic carbocycles. The molecule has 0 aromatic carbocycles. The molecule has 1 saturated heterocycles. The highest BCUT2D eigenvalue weighted by molar-refractivity contribution is 5.72. The molecule has 0 atom stereocenters. The first kappa shape index (κ1) is 10.3. The molecule has 1 rings (SSSR count). The molecule has 3 heteroatoms. The van der Waals surface area contributed by atoms with Gasteiger partial charge in [0.2, 0.25) is 0 Å². The molecule has 0 unspecified atom stereocenters. The zero-order valence-electron chi connectivity index (χ0n) is 8.21. The van der Waals surface area contributed by atoms with Gasteiger partial charge >= 0.3 is 5.97 Å². The minimum atomic E-state index is -0.191. The summed E-state index contributed by atoms with van der Waals surface area (Å²) in [7, 11) is 1.41. The number of carbonyl (C=O) groups excluding carboxylic acids is 1. The van der Waals surface area contributed by atoms with Gasteiger partial charge in [-0.05, 0) is 25.9 Å². The van der Waals surface area contributed by atoms with Crippen LogP contribution in [0.15, 0.2) is 12.2 Å². The van der Waals surface area contributed by atoms with E-state index in [1.54, 1.807) is 0 Å². The van der Waals surface area contributed by atoms with Crippen molar-refractivity contribution in [3.8, 4) is 0 Å². The van der Waals surface area contributed by atoms with E-state index < -0.39 is 0 Å². The zero-order chi connectivity index (χ0) is 9.68. The van der Waals surface area contributed by atoms with Crippen LogP contribution in [0.4, 0.5) is 0 Å². The fourth-order valence-electron chi connectivity index (χ4n) is 1.59. The molecular weight excluding hydrogens is 166 g/mol. The SMILES string of the molecule is C=C(CC(=O)OC)CN1CCCC1. The molecule has 0 spiro atoms. The number of methoxy groups -OCH3 is 1. The van der Waals surface area contributed by atoms with Gasteiger partial charge in [0.25, 0.3) is 0 Å². The van der Waals surface area contributed by atoms with Gasteiger partial charge in [-0.1, -0.05) is 12.2 Å². The van der Waals surface area contributed by atoms with Crippen LogP contribution in [-0.4, -0.2) is 37.6 Å². The van der Waals surface area contributed by atoms with Crippen molar-refractivity contribution in [3.63, 3.8) is 0 Å². The molecule has 74 valence electrons. The molecule has 3 nitrogen and oxygen atoms in total. The van der Waals surface area contributed by atoms with E-state index in [2.05, 4.69) is 16.2 Å². The van der Waals surface area contributed by atoms with Crippen LogP contribution < -0.4 is 0 Å². The van der Waals surface area contributed by atoms with Gasteiger partial charge in [0.05, 0.1) is 13.5 Å². The Morgan fingerprint density at radius 2 is 2.08 bits per heavy atom. The van der Waals surface area contributed by atoms with Crippen molar-refractivity contribution in [3.05, 3.63) is 12.2 Å². The molecule has 0 bridgehead atoms. The van der Waals surface area contributed by atoms with Gasteiger partial charge in [0, 0.05) is 6.54 Å². The highest BCUT2D eigenvalue weighted by Crippen LogP contribution is 2.10. The summed E-state index contributed by atoms with van der Waals surface area (Å²) in [6.45, 7) is 6.98. The quantitative estimate of drug-likeness (QED) is 0.484. The number of esters is 1. The molecule has 0 amide bonds. The smallest absolute Gasteiger partial charge is 0.309 e. The monoisotopic (exact) mass is 183 g/mol. The summed E-state index contributed by atoms with van der Waals surface area (Å²) in [6.07, 6.45) is 2.89. The van der Waals surface area contributed by atoms with E-state index >= 15 is 0 Å². The maximum absolute atomic E-state index is 10.9. The van der Waals surface area contributed by atoms with Crippen molar-refractivity contribution in [2.75, 3.05) is 26.7 Å². The lowest BCUT2D eigenvalue weighted by atomic mass is 10.2. The van der Waals surface area contributed by atoms with Crippen LogP contribution in [0.2, 0.25) is 0 Å². The molecule has 13 heavy (non-hydrogen) atoms. The predicted molar refractivity (Wildman–Crippen MR) is 51.4 cm³/mol. The van der Waals surface area contributed by atoms with Crippen molar-refractivity contribution in [1.82, 2.24) is 4.90 Å². The van der Waals surface area contributed by atoms with Crippen molar-refractivity contribution in [2.45, 2.75) is 19.3 Å². The summed E-state index contributed by atoms with van der Waals surface area (Å²) in [6, 6.07) is 0. The van der Waals surface area contributed by atoms with E-state index in [0.29, 0.717) is 6.42 Å². The Morgan fingerprint density at radius 1 is 1.46 bits per heavy atom. The Bertz CT molecular complexity index is 195. The second kappa shape index (κ2) is 5.02. The average Bonchev–Trinajstić information content (AvgIpc) is 2.56. The summed E-state index contributed by atoms with van der Waals surface area (Å²) in [5.74, 6) is -0.191. The van der Waals surface area contributed by atoms with Gasteiger partial charge in [-0.2, -0.15) is 0 Å². The largest absolute Gasteiger partial charge is 0.469 e. The Kier molecular flexibility index (Phi) is 3.96. The van der Waals surface area contributed by atoms with E-state index in [4.69, 9.17) is 0 Å². The highest BCUT2D eigenvalue weighted by Gasteiger charge is 2.13. The summed E-state index contributed by atoms with van der Waals surface area (Å²) >= 11 is 0. The highest BCUT2D eigenvalue weighted by atomic mass is 16.5. The molecule has 0 saturated carbocycles. The van der Waals surface area contributed by atoms with Crippen molar-refractivity contribution < 1.29 is 9.53 Å². The molecule has 1 heterocycles. The first-order chi connectivity index (χ1) is 6.22. The van der Waals surface area contributed by atoms with Crippen LogP contribution >= 0.6 is 0 Å². The minimum Gasteiger partial charge on any atom is -0.469 e. The summed E-state index contributed by atoms with van der Waals surface area (Å²) in [5.41, 5.74) is 0.953. The fourth-order valence-corrected chi connectivity index (χ4v) is 1.59. The molecule has 0 aromatic rings. The number of hydrogen-bond donors (Lipinski definition) is 0. The van der Waals surface area contributed by atoms with Crippen LogP contribution in [0.25, 0.3) is 0 Å². The fraction of sp³-hybridized carbons (Fsp3) is 0.700. The van der Waals surface area contributed by atoms with E-state index in [0.717, 1.165) is 25.2 Å². The standard InChI is InChI=1S/C10H17NO2/c1-9(7-10(12)13-2)8-11-5-3-4-6-11/h1,3-8H2,2H3. The van der Waals surface area contributed by atoms with Crippen LogP contribution in [0.3, 0.4) is 0 Å². The molecule has 0 aromatic heterocycles. The van der Waals surface area contributed by atoms with E-state index in [9.17, 15) is 4.79 Å². The zero-order valence-corrected chi connectivity index (χ0v) is 8.21. The summed E-state index contributed by atoms with van der Waals surface area (Å²) < 4.78 is 4.57. The van der Waals surface area contributed by atoms with Gasteiger partial charge < -0.3 is 4.74 Å². The third-order valence-corrected chi connectivity index (χ3v) is 2.27. The number of rotatable bonds is 4. The Hall–Kier alpha value is -0.830. The lowest BCUT2D eigenvalue weighted by molar-refractivity contribution is -0.139. The number of hydrogen-bond acceptors (Lipinski definition) is 3. The Balaban J connectivity index is 2.20. The maximum atomic E-state index is 10.9. The van der Waals surface area contributed by atoms with Gasteiger partial charge in [-0.3, -0.25) is 9.69 Å². The van der Waals surface area contributed by atoms with Crippen LogP contribution in [-0.2, 0) is 9.53 Å². The van der Waals surface area contributed by atoms with Gasteiger partial charge in [0.1, 0.15) is 0 Å². The molecule has 0 N–H and O–H groups in total. The molecule has 1 aliphatic heterocycles. The lowest BCUT2D eigenvalue weighted by Crippen LogP contribution is -2.22. The lowest BCUT2D eigenvalue weighted by Gasteiger charge is -2.15. The third-order valence-electron chi connectivity index (χ3n) is 2.27. The average molecular weight is 183 g/mol. The molecule has 1 aliphatic rings. The molecular formula is C10H17NO2. The Morgan fingerprint density at radius 3 is 2.62 bits per heavy atom. The number of likely N-dealkylation sites (tertiary alicyclic amines) is 1. The molecule has 0 radical (unpaired) electrons. The first-order valence-corrected chi connectivity index (χ1v) is 4.68. The van der Waals surface area contributed by atoms with Crippen molar-refractivity contribution >= 4 is 5.97 Å². The normalized spacial score (nSPS) is 17.3. The number of ether oxygens (including phenoxy) is 1. The topological polar surface area (TPSA) is 29.5 Å². The molecule has 1 fully saturated rings. The number of carbonyl (C=O) groups is 1. The second-order valence-electron chi connectivity index (χ2n) is 3.49. The van der Waals surface area contributed by atoms with Gasteiger partial charge in [0.15, 0.2) is 0 Å². The maximum Gasteiger partial charge on any atom is 0.309 e. The van der Waals surface area contributed by atoms with Crippen LogP contribution in [0.1, 0.15) is 19.3 Å². The second-order valence-corrected chi connectivity index (χ2v) is 3.49. The Labute approximate surface area is 79.4 Å². The minimum absolute atomic E-state index is 0.191. The third kappa shape index (κ3) is 3.59. The van der Waals surface area contributed by atoms with E-state index in [1.807, 2.05) is 0 Å².